The van der Waals surface area contributed by atoms with Gasteiger partial charge in [0.1, 0.15) is 5.52 Å². The van der Waals surface area contributed by atoms with Gasteiger partial charge < -0.3 is 9.80 Å². The maximum Gasteiger partial charge on any atom is 0.254 e. The van der Waals surface area contributed by atoms with Crippen LogP contribution in [-0.2, 0) is 6.54 Å². The van der Waals surface area contributed by atoms with Crippen LogP contribution >= 0.6 is 0 Å². The molecule has 0 saturated carbocycles. The number of carbonyl (C=O) groups is 1. The summed E-state index contributed by atoms with van der Waals surface area (Å²) in [7, 11) is 2.10. The van der Waals surface area contributed by atoms with E-state index in [1.807, 2.05) is 58.1 Å². The maximum absolute atomic E-state index is 12.8. The predicted molar refractivity (Wildman–Crippen MR) is 101 cm³/mol. The van der Waals surface area contributed by atoms with Crippen molar-refractivity contribution < 1.29 is 4.79 Å². The Bertz CT molecular complexity index is 917. The highest BCUT2D eigenvalue weighted by Gasteiger charge is 2.26. The van der Waals surface area contributed by atoms with E-state index in [4.69, 9.17) is 0 Å². The fourth-order valence-corrected chi connectivity index (χ4v) is 3.57. The molecule has 1 atom stereocenters. The monoisotopic (exact) mass is 349 g/mol. The topological polar surface area (TPSA) is 54.3 Å². The van der Waals surface area contributed by atoms with Crippen molar-refractivity contribution in [2.24, 2.45) is 0 Å². The summed E-state index contributed by atoms with van der Waals surface area (Å²) in [6.45, 7) is 5.37. The van der Waals surface area contributed by atoms with Crippen LogP contribution < -0.4 is 0 Å². The molecule has 1 aromatic heterocycles. The minimum Gasteiger partial charge on any atom is -0.333 e. The molecule has 2 aromatic carbocycles. The van der Waals surface area contributed by atoms with Crippen molar-refractivity contribution in [1.82, 2.24) is 24.8 Å². The van der Waals surface area contributed by atoms with Gasteiger partial charge in [-0.3, -0.25) is 4.79 Å². The number of nitrogens with zero attached hydrogens (tertiary/aromatic N) is 5. The molecule has 1 amide bonds. The molecule has 0 spiro atoms. The number of carbonyl (C=O) groups excluding carboxylic acids is 1. The van der Waals surface area contributed by atoms with E-state index >= 15 is 0 Å². The lowest BCUT2D eigenvalue weighted by Gasteiger charge is -2.38. The molecular formula is C20H23N5O. The molecule has 0 N–H and O–H groups in total. The second-order valence-corrected chi connectivity index (χ2v) is 7.04. The number of benzene rings is 2. The molecule has 134 valence electrons. The van der Waals surface area contributed by atoms with Crippen molar-refractivity contribution in [2.45, 2.75) is 19.5 Å². The maximum atomic E-state index is 12.8. The summed E-state index contributed by atoms with van der Waals surface area (Å²) in [6.07, 6.45) is 0. The molecule has 0 radical (unpaired) electrons. The van der Waals surface area contributed by atoms with Crippen molar-refractivity contribution in [2.75, 3.05) is 26.7 Å². The van der Waals surface area contributed by atoms with Crippen LogP contribution in [-0.4, -0.2) is 63.4 Å². The molecule has 1 saturated heterocycles. The molecule has 0 unspecified atom stereocenters. The first-order valence-corrected chi connectivity index (χ1v) is 8.98. The Hall–Kier alpha value is -2.73. The average molecular weight is 349 g/mol. The predicted octanol–water partition coefficient (Wildman–Crippen LogP) is 2.26. The second-order valence-electron chi connectivity index (χ2n) is 7.04. The van der Waals surface area contributed by atoms with Crippen molar-refractivity contribution in [1.29, 1.82) is 0 Å². The highest BCUT2D eigenvalue weighted by Crippen LogP contribution is 2.16. The molecule has 4 rings (SSSR count). The number of aromatic nitrogens is 3. The molecular weight excluding hydrogens is 326 g/mol. The summed E-state index contributed by atoms with van der Waals surface area (Å²) >= 11 is 0. The lowest BCUT2D eigenvalue weighted by molar-refractivity contribution is 0.0533. The first-order valence-electron chi connectivity index (χ1n) is 8.98. The molecule has 6 nitrogen and oxygen atoms in total. The lowest BCUT2D eigenvalue weighted by Crippen LogP contribution is -2.52. The highest BCUT2D eigenvalue weighted by atomic mass is 16.2. The van der Waals surface area contributed by atoms with Gasteiger partial charge in [-0.05, 0) is 43.8 Å². The Kier molecular flexibility index (Phi) is 4.42. The first kappa shape index (κ1) is 16.7. The quantitative estimate of drug-likeness (QED) is 0.728. The summed E-state index contributed by atoms with van der Waals surface area (Å²) in [4.78, 5) is 17.0. The number of para-hydroxylation sites is 1. The Balaban J connectivity index is 1.49. The van der Waals surface area contributed by atoms with Crippen LogP contribution in [0.5, 0.6) is 0 Å². The Labute approximate surface area is 153 Å². The van der Waals surface area contributed by atoms with Crippen LogP contribution in [0.4, 0.5) is 0 Å². The molecule has 26 heavy (non-hydrogen) atoms. The van der Waals surface area contributed by atoms with Crippen LogP contribution in [0.3, 0.4) is 0 Å². The SMILES string of the molecule is C[C@@H]1CN(C)CCN1C(=O)c1ccc(Cn2nnc3ccccc32)cc1. The normalized spacial score (nSPS) is 18.4. The van der Waals surface area contributed by atoms with E-state index in [1.54, 1.807) is 0 Å². The molecule has 1 aliphatic rings. The number of amides is 1. The number of rotatable bonds is 3. The standard InChI is InChI=1S/C20H23N5O/c1-15-13-23(2)11-12-24(15)20(26)17-9-7-16(8-10-17)14-25-19-6-4-3-5-18(19)21-22-25/h3-10,15H,11-14H2,1-2H3/t15-/m1/s1. The van der Waals surface area contributed by atoms with Gasteiger partial charge in [0.05, 0.1) is 12.1 Å². The van der Waals surface area contributed by atoms with Gasteiger partial charge in [-0.1, -0.05) is 29.5 Å². The molecule has 2 heterocycles. The molecule has 3 aromatic rings. The molecule has 1 aliphatic heterocycles. The van der Waals surface area contributed by atoms with Crippen molar-refractivity contribution in [3.63, 3.8) is 0 Å². The zero-order valence-electron chi connectivity index (χ0n) is 15.2. The summed E-state index contributed by atoms with van der Waals surface area (Å²) in [5, 5.41) is 8.41. The van der Waals surface area contributed by atoms with Crippen LogP contribution in [0, 0.1) is 0 Å². The van der Waals surface area contributed by atoms with Gasteiger partial charge in [-0.25, -0.2) is 4.68 Å². The third-order valence-electron chi connectivity index (χ3n) is 5.04. The fraction of sp³-hybridized carbons (Fsp3) is 0.350. The van der Waals surface area contributed by atoms with Crippen LogP contribution in [0.25, 0.3) is 11.0 Å². The molecule has 0 aliphatic carbocycles. The van der Waals surface area contributed by atoms with Gasteiger partial charge in [-0.2, -0.15) is 0 Å². The highest BCUT2D eigenvalue weighted by molar-refractivity contribution is 5.94. The van der Waals surface area contributed by atoms with E-state index < -0.39 is 0 Å². The average Bonchev–Trinajstić information content (AvgIpc) is 3.05. The van der Waals surface area contributed by atoms with E-state index in [9.17, 15) is 4.79 Å². The van der Waals surface area contributed by atoms with E-state index in [0.717, 1.165) is 41.8 Å². The van der Waals surface area contributed by atoms with Gasteiger partial charge in [0.15, 0.2) is 0 Å². The second kappa shape index (κ2) is 6.88. The van der Waals surface area contributed by atoms with Gasteiger partial charge in [0.25, 0.3) is 5.91 Å². The third-order valence-corrected chi connectivity index (χ3v) is 5.04. The smallest absolute Gasteiger partial charge is 0.254 e. The Morgan fingerprint density at radius 2 is 1.88 bits per heavy atom. The zero-order valence-corrected chi connectivity index (χ0v) is 15.2. The van der Waals surface area contributed by atoms with Gasteiger partial charge in [0, 0.05) is 31.2 Å². The van der Waals surface area contributed by atoms with E-state index in [1.165, 1.54) is 0 Å². The van der Waals surface area contributed by atoms with Gasteiger partial charge in [-0.15, -0.1) is 5.10 Å². The van der Waals surface area contributed by atoms with Crippen molar-refractivity contribution in [3.8, 4) is 0 Å². The molecule has 6 heteroatoms. The minimum atomic E-state index is 0.114. The zero-order chi connectivity index (χ0) is 18.1. The summed E-state index contributed by atoms with van der Waals surface area (Å²) in [6, 6.07) is 16.0. The summed E-state index contributed by atoms with van der Waals surface area (Å²) in [5.41, 5.74) is 3.75. The van der Waals surface area contributed by atoms with E-state index in [-0.39, 0.29) is 11.9 Å². The number of likely N-dealkylation sites (N-methyl/N-ethyl adjacent to an activating group) is 1. The largest absolute Gasteiger partial charge is 0.333 e. The number of piperazine rings is 1. The van der Waals surface area contributed by atoms with E-state index in [0.29, 0.717) is 6.54 Å². The molecule has 0 bridgehead atoms. The van der Waals surface area contributed by atoms with Crippen LogP contribution in [0.2, 0.25) is 0 Å². The summed E-state index contributed by atoms with van der Waals surface area (Å²) < 4.78 is 1.88. The first-order chi connectivity index (χ1) is 12.6. The van der Waals surface area contributed by atoms with Crippen molar-refractivity contribution in [3.05, 3.63) is 59.7 Å². The van der Waals surface area contributed by atoms with Crippen LogP contribution in [0.15, 0.2) is 48.5 Å². The van der Waals surface area contributed by atoms with E-state index in [2.05, 4.69) is 29.2 Å². The van der Waals surface area contributed by atoms with Crippen molar-refractivity contribution >= 4 is 16.9 Å². The van der Waals surface area contributed by atoms with Gasteiger partial charge in [0.2, 0.25) is 0 Å². The lowest BCUT2D eigenvalue weighted by atomic mass is 10.1. The summed E-state index contributed by atoms with van der Waals surface area (Å²) in [5.74, 6) is 0.114. The minimum absolute atomic E-state index is 0.114. The number of hydrogen-bond acceptors (Lipinski definition) is 4. The van der Waals surface area contributed by atoms with Crippen LogP contribution in [0.1, 0.15) is 22.8 Å². The molecule has 1 fully saturated rings. The fourth-order valence-electron chi connectivity index (χ4n) is 3.57. The third kappa shape index (κ3) is 3.20. The van der Waals surface area contributed by atoms with Gasteiger partial charge >= 0.3 is 0 Å². The Morgan fingerprint density at radius 3 is 2.65 bits per heavy atom. The Morgan fingerprint density at radius 1 is 1.12 bits per heavy atom. The number of hydrogen-bond donors (Lipinski definition) is 0. The number of fused-ring (bicyclic) bond motifs is 1.